The van der Waals surface area contributed by atoms with E-state index in [2.05, 4.69) is 10.3 Å². The third-order valence-electron chi connectivity index (χ3n) is 2.26. The molecular weight excluding hydrogens is 230 g/mol. The molecule has 1 atom stereocenters. The standard InChI is InChI=1S/C13H21N3O2/c1-4-15-13(14)16-9-10(2)18-12-7-5-6-11(8-12)17-3/h5-8,10H,4,9H2,1-3H3,(H3,14,15,16). The highest BCUT2D eigenvalue weighted by Crippen LogP contribution is 2.19. The van der Waals surface area contributed by atoms with E-state index in [4.69, 9.17) is 15.2 Å². The summed E-state index contributed by atoms with van der Waals surface area (Å²) in [6.45, 7) is 5.19. The molecule has 3 N–H and O–H groups in total. The van der Waals surface area contributed by atoms with Crippen molar-refractivity contribution in [3.63, 3.8) is 0 Å². The fourth-order valence-electron chi connectivity index (χ4n) is 1.41. The smallest absolute Gasteiger partial charge is 0.188 e. The molecule has 0 heterocycles. The Morgan fingerprint density at radius 3 is 2.83 bits per heavy atom. The zero-order chi connectivity index (χ0) is 13.4. The van der Waals surface area contributed by atoms with Crippen molar-refractivity contribution in [2.45, 2.75) is 20.0 Å². The van der Waals surface area contributed by atoms with Gasteiger partial charge in [-0.3, -0.25) is 0 Å². The van der Waals surface area contributed by atoms with E-state index in [0.717, 1.165) is 18.0 Å². The summed E-state index contributed by atoms with van der Waals surface area (Å²) < 4.78 is 10.8. The van der Waals surface area contributed by atoms with Crippen molar-refractivity contribution in [2.75, 3.05) is 20.2 Å². The number of nitrogens with one attached hydrogen (secondary N) is 1. The summed E-state index contributed by atoms with van der Waals surface area (Å²) in [6, 6.07) is 7.49. The zero-order valence-corrected chi connectivity index (χ0v) is 11.1. The van der Waals surface area contributed by atoms with Crippen LogP contribution in [0.1, 0.15) is 13.8 Å². The molecule has 0 saturated carbocycles. The first-order valence-electron chi connectivity index (χ1n) is 6.00. The van der Waals surface area contributed by atoms with Gasteiger partial charge in [-0.25, -0.2) is 4.99 Å². The fraction of sp³-hybridized carbons (Fsp3) is 0.462. The highest BCUT2D eigenvalue weighted by molar-refractivity contribution is 5.77. The van der Waals surface area contributed by atoms with E-state index in [1.165, 1.54) is 0 Å². The Kier molecular flexibility index (Phi) is 5.84. The van der Waals surface area contributed by atoms with Crippen LogP contribution in [0.2, 0.25) is 0 Å². The molecule has 5 heteroatoms. The number of hydrogen-bond acceptors (Lipinski definition) is 3. The number of methoxy groups -OCH3 is 1. The molecule has 0 bridgehead atoms. The number of aliphatic imine (C=N–C) groups is 1. The summed E-state index contributed by atoms with van der Waals surface area (Å²) in [5.74, 6) is 1.98. The first kappa shape index (κ1) is 14.2. The van der Waals surface area contributed by atoms with Crippen molar-refractivity contribution in [1.82, 2.24) is 5.32 Å². The first-order valence-corrected chi connectivity index (χ1v) is 6.00. The van der Waals surface area contributed by atoms with Crippen molar-refractivity contribution >= 4 is 5.96 Å². The molecule has 0 spiro atoms. The topological polar surface area (TPSA) is 68.9 Å². The lowest BCUT2D eigenvalue weighted by Crippen LogP contribution is -2.32. The van der Waals surface area contributed by atoms with Crippen molar-refractivity contribution in [3.05, 3.63) is 24.3 Å². The minimum absolute atomic E-state index is 0.0469. The summed E-state index contributed by atoms with van der Waals surface area (Å²) in [5, 5.41) is 2.94. The molecule has 100 valence electrons. The molecule has 0 aliphatic carbocycles. The second-order valence-corrected chi connectivity index (χ2v) is 3.86. The van der Waals surface area contributed by atoms with Crippen LogP contribution in [-0.4, -0.2) is 32.3 Å². The molecule has 0 aromatic heterocycles. The Hall–Kier alpha value is -1.91. The normalized spacial score (nSPS) is 12.9. The van der Waals surface area contributed by atoms with E-state index in [-0.39, 0.29) is 6.10 Å². The van der Waals surface area contributed by atoms with Crippen molar-refractivity contribution in [3.8, 4) is 11.5 Å². The molecule has 18 heavy (non-hydrogen) atoms. The van der Waals surface area contributed by atoms with Gasteiger partial charge in [0.05, 0.1) is 13.7 Å². The quantitative estimate of drug-likeness (QED) is 0.592. The molecule has 0 aliphatic heterocycles. The van der Waals surface area contributed by atoms with E-state index in [9.17, 15) is 0 Å². The Balaban J connectivity index is 2.48. The summed E-state index contributed by atoms with van der Waals surface area (Å²) in [7, 11) is 1.63. The van der Waals surface area contributed by atoms with Crippen LogP contribution < -0.4 is 20.5 Å². The minimum Gasteiger partial charge on any atom is -0.497 e. The molecule has 1 aromatic carbocycles. The Morgan fingerprint density at radius 2 is 2.17 bits per heavy atom. The van der Waals surface area contributed by atoms with E-state index in [1.54, 1.807) is 7.11 Å². The summed E-state index contributed by atoms with van der Waals surface area (Å²) >= 11 is 0. The molecule has 0 radical (unpaired) electrons. The fourth-order valence-corrected chi connectivity index (χ4v) is 1.41. The second kappa shape index (κ2) is 7.42. The number of nitrogens with zero attached hydrogens (tertiary/aromatic N) is 1. The van der Waals surface area contributed by atoms with E-state index in [0.29, 0.717) is 12.5 Å². The monoisotopic (exact) mass is 251 g/mol. The molecule has 0 saturated heterocycles. The lowest BCUT2D eigenvalue weighted by Gasteiger charge is -2.13. The van der Waals surface area contributed by atoms with Crippen LogP contribution in [0.3, 0.4) is 0 Å². The highest BCUT2D eigenvalue weighted by atomic mass is 16.5. The maximum Gasteiger partial charge on any atom is 0.188 e. The minimum atomic E-state index is -0.0469. The maximum atomic E-state index is 5.71. The van der Waals surface area contributed by atoms with Gasteiger partial charge in [0.15, 0.2) is 5.96 Å². The van der Waals surface area contributed by atoms with Crippen molar-refractivity contribution in [2.24, 2.45) is 10.7 Å². The Labute approximate surface area is 108 Å². The molecule has 0 amide bonds. The number of benzene rings is 1. The van der Waals surface area contributed by atoms with E-state index < -0.39 is 0 Å². The van der Waals surface area contributed by atoms with Crippen molar-refractivity contribution < 1.29 is 9.47 Å². The molecule has 1 rings (SSSR count). The van der Waals surface area contributed by atoms with Crippen LogP contribution in [0.4, 0.5) is 0 Å². The van der Waals surface area contributed by atoms with Gasteiger partial charge in [-0.05, 0) is 26.0 Å². The largest absolute Gasteiger partial charge is 0.497 e. The van der Waals surface area contributed by atoms with Gasteiger partial charge in [0, 0.05) is 12.6 Å². The number of guanidine groups is 1. The van der Waals surface area contributed by atoms with Gasteiger partial charge in [0.25, 0.3) is 0 Å². The molecule has 1 unspecified atom stereocenters. The van der Waals surface area contributed by atoms with E-state index >= 15 is 0 Å². The van der Waals surface area contributed by atoms with Gasteiger partial charge in [-0.15, -0.1) is 0 Å². The van der Waals surface area contributed by atoms with Crippen LogP contribution >= 0.6 is 0 Å². The van der Waals surface area contributed by atoms with Gasteiger partial charge in [-0.1, -0.05) is 6.07 Å². The Bertz CT molecular complexity index is 394. The van der Waals surface area contributed by atoms with Crippen LogP contribution in [0, 0.1) is 0 Å². The SMILES string of the molecule is CCNC(N)=NCC(C)Oc1cccc(OC)c1. The third-order valence-corrected chi connectivity index (χ3v) is 2.26. The van der Waals surface area contributed by atoms with Crippen LogP contribution in [0.15, 0.2) is 29.3 Å². The van der Waals surface area contributed by atoms with Gasteiger partial charge in [0.1, 0.15) is 17.6 Å². The summed E-state index contributed by atoms with van der Waals surface area (Å²) in [5.41, 5.74) is 5.63. The number of nitrogens with two attached hydrogens (primary N) is 1. The molecule has 0 aliphatic rings. The third kappa shape index (κ3) is 4.95. The molecule has 1 aromatic rings. The predicted molar refractivity (Wildman–Crippen MR) is 73.3 cm³/mol. The number of rotatable bonds is 6. The lowest BCUT2D eigenvalue weighted by molar-refractivity contribution is 0.229. The van der Waals surface area contributed by atoms with Crippen LogP contribution in [0.25, 0.3) is 0 Å². The average molecular weight is 251 g/mol. The second-order valence-electron chi connectivity index (χ2n) is 3.86. The lowest BCUT2D eigenvalue weighted by atomic mass is 10.3. The van der Waals surface area contributed by atoms with Crippen LogP contribution in [-0.2, 0) is 0 Å². The molecular formula is C13H21N3O2. The van der Waals surface area contributed by atoms with Gasteiger partial charge in [0.2, 0.25) is 0 Å². The number of ether oxygens (including phenoxy) is 2. The van der Waals surface area contributed by atoms with Gasteiger partial charge >= 0.3 is 0 Å². The molecule has 5 nitrogen and oxygen atoms in total. The zero-order valence-electron chi connectivity index (χ0n) is 11.1. The van der Waals surface area contributed by atoms with Crippen molar-refractivity contribution in [1.29, 1.82) is 0 Å². The van der Waals surface area contributed by atoms with Crippen LogP contribution in [0.5, 0.6) is 11.5 Å². The number of hydrogen-bond donors (Lipinski definition) is 2. The highest BCUT2D eigenvalue weighted by Gasteiger charge is 2.04. The summed E-state index contributed by atoms with van der Waals surface area (Å²) in [6.07, 6.45) is -0.0469. The summed E-state index contributed by atoms with van der Waals surface area (Å²) in [4.78, 5) is 4.18. The first-order chi connectivity index (χ1) is 8.65. The maximum absolute atomic E-state index is 5.71. The van der Waals surface area contributed by atoms with Gasteiger partial charge in [-0.2, -0.15) is 0 Å². The average Bonchev–Trinajstić information content (AvgIpc) is 2.37. The molecule has 0 fully saturated rings. The van der Waals surface area contributed by atoms with Gasteiger partial charge < -0.3 is 20.5 Å². The predicted octanol–water partition coefficient (Wildman–Crippen LogP) is 1.39. The Morgan fingerprint density at radius 1 is 1.44 bits per heavy atom. The van der Waals surface area contributed by atoms with E-state index in [1.807, 2.05) is 38.1 Å².